The SMILES string of the molecule is C=Cc1cc(OCc2ccc(OC)cc2)c(OC)c(C(=O)OC)n1. The monoisotopic (exact) mass is 329 g/mol. The van der Waals surface area contributed by atoms with Crippen molar-refractivity contribution >= 4 is 12.0 Å². The standard InChI is InChI=1S/C18H19NO5/c1-5-13-10-15(17(22-3)16(19-13)18(20)23-4)24-11-12-6-8-14(21-2)9-7-12/h5-10H,1,11H2,2-4H3. The summed E-state index contributed by atoms with van der Waals surface area (Å²) in [5, 5.41) is 0. The maximum Gasteiger partial charge on any atom is 0.360 e. The van der Waals surface area contributed by atoms with E-state index in [2.05, 4.69) is 11.6 Å². The first kappa shape index (κ1) is 17.3. The maximum atomic E-state index is 11.9. The quantitative estimate of drug-likeness (QED) is 0.727. The molecule has 0 bridgehead atoms. The zero-order valence-electron chi connectivity index (χ0n) is 13.9. The molecule has 6 heteroatoms. The third-order valence-corrected chi connectivity index (χ3v) is 3.30. The minimum atomic E-state index is -0.607. The van der Waals surface area contributed by atoms with Gasteiger partial charge >= 0.3 is 5.97 Å². The summed E-state index contributed by atoms with van der Waals surface area (Å²) in [5.41, 5.74) is 1.47. The van der Waals surface area contributed by atoms with E-state index in [0.717, 1.165) is 11.3 Å². The van der Waals surface area contributed by atoms with E-state index in [1.807, 2.05) is 24.3 Å². The highest BCUT2D eigenvalue weighted by Gasteiger charge is 2.21. The Labute approximate surface area is 140 Å². The number of hydrogen-bond donors (Lipinski definition) is 0. The number of aromatic nitrogens is 1. The summed E-state index contributed by atoms with van der Waals surface area (Å²) in [5.74, 6) is 0.770. The van der Waals surface area contributed by atoms with Crippen LogP contribution in [0.2, 0.25) is 0 Å². The number of esters is 1. The molecular formula is C18H19NO5. The zero-order chi connectivity index (χ0) is 17.5. The fraction of sp³-hybridized carbons (Fsp3) is 0.222. The molecule has 0 unspecified atom stereocenters. The molecule has 0 saturated heterocycles. The highest BCUT2D eigenvalue weighted by atomic mass is 16.5. The summed E-state index contributed by atoms with van der Waals surface area (Å²) in [7, 11) is 4.33. The number of nitrogens with zero attached hydrogens (tertiary/aromatic N) is 1. The van der Waals surface area contributed by atoms with Crippen molar-refractivity contribution in [3.05, 3.63) is 53.9 Å². The van der Waals surface area contributed by atoms with E-state index >= 15 is 0 Å². The number of ether oxygens (including phenoxy) is 4. The van der Waals surface area contributed by atoms with Gasteiger partial charge in [-0.1, -0.05) is 18.7 Å². The third kappa shape index (κ3) is 3.84. The van der Waals surface area contributed by atoms with Crippen LogP contribution in [0.15, 0.2) is 36.9 Å². The van der Waals surface area contributed by atoms with Gasteiger partial charge in [0.25, 0.3) is 0 Å². The van der Waals surface area contributed by atoms with E-state index in [1.165, 1.54) is 20.3 Å². The molecule has 0 fully saturated rings. The Morgan fingerprint density at radius 2 is 1.88 bits per heavy atom. The molecule has 6 nitrogen and oxygen atoms in total. The lowest BCUT2D eigenvalue weighted by atomic mass is 10.2. The predicted molar refractivity (Wildman–Crippen MR) is 89.5 cm³/mol. The van der Waals surface area contributed by atoms with Crippen molar-refractivity contribution in [1.82, 2.24) is 4.98 Å². The van der Waals surface area contributed by atoms with Gasteiger partial charge in [0, 0.05) is 6.07 Å². The second-order valence-electron chi connectivity index (χ2n) is 4.76. The molecule has 24 heavy (non-hydrogen) atoms. The molecule has 0 aliphatic heterocycles. The summed E-state index contributed by atoms with van der Waals surface area (Å²) in [6.07, 6.45) is 1.52. The Morgan fingerprint density at radius 1 is 1.17 bits per heavy atom. The third-order valence-electron chi connectivity index (χ3n) is 3.30. The van der Waals surface area contributed by atoms with Crippen LogP contribution in [0, 0.1) is 0 Å². The van der Waals surface area contributed by atoms with Gasteiger partial charge < -0.3 is 18.9 Å². The fourth-order valence-electron chi connectivity index (χ4n) is 2.06. The van der Waals surface area contributed by atoms with Gasteiger partial charge in [-0.3, -0.25) is 0 Å². The normalized spacial score (nSPS) is 9.96. The first-order valence-electron chi connectivity index (χ1n) is 7.18. The average molecular weight is 329 g/mol. The molecule has 0 saturated carbocycles. The Balaban J connectivity index is 2.30. The van der Waals surface area contributed by atoms with Gasteiger partial charge in [-0.15, -0.1) is 0 Å². The summed E-state index contributed by atoms with van der Waals surface area (Å²) in [4.78, 5) is 16.0. The summed E-state index contributed by atoms with van der Waals surface area (Å²) >= 11 is 0. The van der Waals surface area contributed by atoms with Crippen molar-refractivity contribution in [2.45, 2.75) is 6.61 Å². The molecule has 0 atom stereocenters. The van der Waals surface area contributed by atoms with E-state index in [-0.39, 0.29) is 11.4 Å². The smallest absolute Gasteiger partial charge is 0.360 e. The number of hydrogen-bond acceptors (Lipinski definition) is 6. The Kier molecular flexibility index (Phi) is 5.78. The van der Waals surface area contributed by atoms with Crippen molar-refractivity contribution in [2.24, 2.45) is 0 Å². The van der Waals surface area contributed by atoms with E-state index in [0.29, 0.717) is 18.1 Å². The van der Waals surface area contributed by atoms with Crippen molar-refractivity contribution in [3.8, 4) is 17.2 Å². The van der Waals surface area contributed by atoms with Crippen molar-refractivity contribution in [1.29, 1.82) is 0 Å². The molecule has 0 amide bonds. The molecular weight excluding hydrogens is 310 g/mol. The number of benzene rings is 1. The number of methoxy groups -OCH3 is 3. The van der Waals surface area contributed by atoms with Crippen LogP contribution in [0.4, 0.5) is 0 Å². The van der Waals surface area contributed by atoms with Crippen LogP contribution in [0.3, 0.4) is 0 Å². The lowest BCUT2D eigenvalue weighted by molar-refractivity contribution is 0.0588. The van der Waals surface area contributed by atoms with Crippen LogP contribution >= 0.6 is 0 Å². The molecule has 2 rings (SSSR count). The Morgan fingerprint density at radius 3 is 2.42 bits per heavy atom. The van der Waals surface area contributed by atoms with Crippen molar-refractivity contribution < 1.29 is 23.7 Å². The van der Waals surface area contributed by atoms with Gasteiger partial charge in [-0.05, 0) is 23.8 Å². The van der Waals surface area contributed by atoms with Crippen LogP contribution in [0.5, 0.6) is 17.2 Å². The molecule has 2 aromatic rings. The topological polar surface area (TPSA) is 66.9 Å². The Bertz CT molecular complexity index is 725. The van der Waals surface area contributed by atoms with Gasteiger partial charge in [0.1, 0.15) is 12.4 Å². The van der Waals surface area contributed by atoms with Crippen molar-refractivity contribution in [2.75, 3.05) is 21.3 Å². The van der Waals surface area contributed by atoms with Crippen LogP contribution < -0.4 is 14.2 Å². The summed E-state index contributed by atoms with van der Waals surface area (Å²) in [6.45, 7) is 3.96. The zero-order valence-corrected chi connectivity index (χ0v) is 13.9. The van der Waals surface area contributed by atoms with E-state index in [1.54, 1.807) is 13.2 Å². The molecule has 0 aliphatic carbocycles. The average Bonchev–Trinajstić information content (AvgIpc) is 2.65. The minimum absolute atomic E-state index is 0.0436. The predicted octanol–water partition coefficient (Wildman–Crippen LogP) is 3.11. The van der Waals surface area contributed by atoms with E-state index in [4.69, 9.17) is 18.9 Å². The first-order chi connectivity index (χ1) is 11.6. The highest BCUT2D eigenvalue weighted by Crippen LogP contribution is 2.32. The molecule has 126 valence electrons. The molecule has 0 N–H and O–H groups in total. The molecule has 0 aliphatic rings. The van der Waals surface area contributed by atoms with Gasteiger partial charge in [-0.25, -0.2) is 9.78 Å². The van der Waals surface area contributed by atoms with Crippen LogP contribution in [0.25, 0.3) is 6.08 Å². The maximum absolute atomic E-state index is 11.9. The summed E-state index contributed by atoms with van der Waals surface area (Å²) < 4.78 is 20.9. The molecule has 0 spiro atoms. The second-order valence-corrected chi connectivity index (χ2v) is 4.76. The van der Waals surface area contributed by atoms with Gasteiger partial charge in [-0.2, -0.15) is 0 Å². The first-order valence-corrected chi connectivity index (χ1v) is 7.18. The summed E-state index contributed by atoms with van der Waals surface area (Å²) in [6, 6.07) is 9.13. The highest BCUT2D eigenvalue weighted by molar-refractivity contribution is 5.91. The van der Waals surface area contributed by atoms with Gasteiger partial charge in [0.05, 0.1) is 27.0 Å². The van der Waals surface area contributed by atoms with Crippen LogP contribution in [-0.2, 0) is 11.3 Å². The number of pyridine rings is 1. The van der Waals surface area contributed by atoms with Crippen LogP contribution in [-0.4, -0.2) is 32.3 Å². The minimum Gasteiger partial charge on any atom is -0.497 e. The molecule has 1 aromatic carbocycles. The van der Waals surface area contributed by atoms with E-state index < -0.39 is 5.97 Å². The van der Waals surface area contributed by atoms with Crippen molar-refractivity contribution in [3.63, 3.8) is 0 Å². The number of carbonyl (C=O) groups excluding carboxylic acids is 1. The molecule has 1 aromatic heterocycles. The van der Waals surface area contributed by atoms with Gasteiger partial charge in [0.2, 0.25) is 0 Å². The molecule has 1 heterocycles. The fourth-order valence-corrected chi connectivity index (χ4v) is 2.06. The number of rotatable bonds is 7. The van der Waals surface area contributed by atoms with Crippen LogP contribution in [0.1, 0.15) is 21.7 Å². The lowest BCUT2D eigenvalue weighted by Gasteiger charge is -2.14. The van der Waals surface area contributed by atoms with E-state index in [9.17, 15) is 4.79 Å². The van der Waals surface area contributed by atoms with Gasteiger partial charge in [0.15, 0.2) is 17.2 Å². The lowest BCUT2D eigenvalue weighted by Crippen LogP contribution is -2.10. The molecule has 0 radical (unpaired) electrons. The largest absolute Gasteiger partial charge is 0.497 e. The second kappa shape index (κ2) is 8.01. The Hall–Kier alpha value is -3.02. The number of carbonyl (C=O) groups is 1.